The highest BCUT2D eigenvalue weighted by Gasteiger charge is 2.47. The molecule has 6 aromatic carbocycles. The Hall–Kier alpha value is -6.73. The summed E-state index contributed by atoms with van der Waals surface area (Å²) in [5, 5.41) is 41.5. The van der Waals surface area contributed by atoms with E-state index in [1.165, 1.54) is 44.2 Å². The minimum Gasteiger partial charge on any atom is -1.00 e. The summed E-state index contributed by atoms with van der Waals surface area (Å²) in [4.78, 5) is 21.0. The van der Waals surface area contributed by atoms with E-state index in [4.69, 9.17) is 4.74 Å². The van der Waals surface area contributed by atoms with E-state index in [2.05, 4.69) is 184 Å². The molecule has 2 unspecified atom stereocenters. The molecular formula is C72H87B2ClN4O6. The van der Waals surface area contributed by atoms with Crippen molar-refractivity contribution in [3.8, 4) is 5.75 Å². The zero-order valence-corrected chi connectivity index (χ0v) is 51.8. The van der Waals surface area contributed by atoms with Gasteiger partial charge in [-0.05, 0) is 176 Å². The van der Waals surface area contributed by atoms with Crippen LogP contribution in [0.15, 0.2) is 205 Å². The third-order valence-electron chi connectivity index (χ3n) is 17.5. The maximum Gasteiger partial charge on any atom is 0.488 e. The van der Waals surface area contributed by atoms with Crippen molar-refractivity contribution in [1.29, 1.82) is 0 Å². The molecular weight excluding hydrogens is 1070 g/mol. The standard InChI is InChI=1S/C72H86B2N4O6.ClH/c1-9-45-77-65-30-17-13-26-61(65)71(5,6)68(77)43-37-55-24-21-25-56(38-44-69-72(7,8)62-27-14-18-31-66(62)78(69)46-10-2)70(55)84-60-41-39-59(40-42-60)76(51-58-23-12-16-29-64(58)74(82)83)49-54-35-33-53(34-36-54)48-75(47-20-19-32-67(79)52(3)4)50-57-22-11-15-28-63(57)73(80)81;/h11-18,22-23,26-31,33-44,68,80-83H,3,9-10,19-21,24-25,32,45-51H2,1-2,4-8H3;1H/b43-37+,56-38+,69-44+;. The quantitative estimate of drug-likeness (QED) is 0.0208. The Morgan fingerprint density at radius 2 is 1.33 bits per heavy atom. The zero-order chi connectivity index (χ0) is 59.5. The predicted molar refractivity (Wildman–Crippen MR) is 346 cm³/mol. The van der Waals surface area contributed by atoms with Crippen LogP contribution in [0.4, 0.5) is 17.1 Å². The number of hydrogen-bond donors (Lipinski definition) is 5. The number of halogens is 1. The number of unbranched alkanes of at least 4 members (excludes halogenated alkanes) is 1. The van der Waals surface area contributed by atoms with Crippen molar-refractivity contribution in [1.82, 2.24) is 4.90 Å². The Morgan fingerprint density at radius 3 is 1.98 bits per heavy atom. The van der Waals surface area contributed by atoms with Crippen LogP contribution < -0.4 is 42.8 Å². The second kappa shape index (κ2) is 29.1. The van der Waals surface area contributed by atoms with Gasteiger partial charge in [-0.3, -0.25) is 14.6 Å². The van der Waals surface area contributed by atoms with Gasteiger partial charge in [0.1, 0.15) is 23.2 Å². The Bertz CT molecular complexity index is 3390. The normalized spacial score (nSPS) is 17.8. The van der Waals surface area contributed by atoms with Gasteiger partial charge in [-0.1, -0.05) is 156 Å². The second-order valence-electron chi connectivity index (χ2n) is 24.4. The van der Waals surface area contributed by atoms with Crippen LogP contribution in [0, 0.1) is 0 Å². The van der Waals surface area contributed by atoms with Crippen molar-refractivity contribution < 1.29 is 46.9 Å². The fourth-order valence-electron chi connectivity index (χ4n) is 13.0. The number of ketones is 1. The molecule has 2 aliphatic heterocycles. The van der Waals surface area contributed by atoms with Crippen LogP contribution in [0.2, 0.25) is 0 Å². The molecule has 0 radical (unpaired) electrons. The molecule has 2 heterocycles. The van der Waals surface area contributed by atoms with Gasteiger partial charge in [0.2, 0.25) is 0 Å². The molecule has 13 heteroatoms. The molecule has 0 amide bonds. The number of para-hydroxylation sites is 2. The Kier molecular flexibility index (Phi) is 22.0. The number of allylic oxidation sites excluding steroid dienone is 7. The van der Waals surface area contributed by atoms with E-state index < -0.39 is 14.2 Å². The van der Waals surface area contributed by atoms with Crippen molar-refractivity contribution in [3.05, 3.63) is 238 Å². The minimum absolute atomic E-state index is 0. The van der Waals surface area contributed by atoms with Crippen LogP contribution in [0.3, 0.4) is 0 Å². The number of fused-ring (bicyclic) bond motifs is 2. The largest absolute Gasteiger partial charge is 1.00 e. The molecule has 6 aromatic rings. The third-order valence-corrected chi connectivity index (χ3v) is 17.5. The molecule has 0 aromatic heterocycles. The lowest BCUT2D eigenvalue weighted by Gasteiger charge is -2.29. The number of ether oxygens (including phenoxy) is 1. The number of quaternary nitrogens is 1. The van der Waals surface area contributed by atoms with Crippen molar-refractivity contribution in [2.45, 2.75) is 143 Å². The maximum absolute atomic E-state index is 12.4. The monoisotopic (exact) mass is 1160 g/mol. The van der Waals surface area contributed by atoms with Crippen LogP contribution in [0.1, 0.15) is 133 Å². The summed E-state index contributed by atoms with van der Waals surface area (Å²) in [6, 6.07) is 49.9. The molecule has 1 aliphatic carbocycles. The van der Waals surface area contributed by atoms with Crippen molar-refractivity contribution >= 4 is 48.0 Å². The highest BCUT2D eigenvalue weighted by atomic mass is 35.5. The van der Waals surface area contributed by atoms with Gasteiger partial charge in [-0.15, -0.1) is 0 Å². The predicted octanol–water partition coefficient (Wildman–Crippen LogP) is 8.25. The van der Waals surface area contributed by atoms with Crippen LogP contribution in [-0.4, -0.2) is 70.7 Å². The smallest absolute Gasteiger partial charge is 0.488 e. The first-order valence-electron chi connectivity index (χ1n) is 30.5. The third kappa shape index (κ3) is 15.1. The Morgan fingerprint density at radius 1 is 0.718 bits per heavy atom. The first-order valence-corrected chi connectivity index (χ1v) is 30.5. The molecule has 3 aliphatic rings. The van der Waals surface area contributed by atoms with Gasteiger partial charge in [0.25, 0.3) is 0 Å². The molecule has 0 saturated carbocycles. The fraction of sp³-hybridized carbons (Fsp3) is 0.347. The van der Waals surface area contributed by atoms with E-state index in [0.29, 0.717) is 55.6 Å². The minimum atomic E-state index is -1.62. The van der Waals surface area contributed by atoms with E-state index in [-0.39, 0.29) is 35.1 Å². The van der Waals surface area contributed by atoms with E-state index >= 15 is 0 Å². The lowest BCUT2D eigenvalue weighted by Crippen LogP contribution is -3.10. The average molecular weight is 1160 g/mol. The first kappa shape index (κ1) is 64.3. The summed E-state index contributed by atoms with van der Waals surface area (Å²) < 4.78 is 7.24. The number of hydrogen-bond acceptors (Lipinski definition) is 9. The summed E-state index contributed by atoms with van der Waals surface area (Å²) in [7, 11) is -3.21. The molecule has 0 spiro atoms. The lowest BCUT2D eigenvalue weighted by atomic mass is 9.77. The Balaban J connectivity index is 0.00000940. The summed E-state index contributed by atoms with van der Waals surface area (Å²) in [6.07, 6.45) is 16.5. The van der Waals surface area contributed by atoms with Gasteiger partial charge < -0.3 is 47.0 Å². The summed E-state index contributed by atoms with van der Waals surface area (Å²) >= 11 is 0. The number of carbonyl (C=O) groups excluding carboxylic acids is 1. The number of rotatable bonds is 26. The number of Topliss-reactive ketones (excluding diaryl/α,β-unsaturated/α-hetero) is 1. The van der Waals surface area contributed by atoms with Crippen molar-refractivity contribution in [2.75, 3.05) is 29.4 Å². The summed E-state index contributed by atoms with van der Waals surface area (Å²) in [6.45, 7) is 24.4. The topological polar surface area (TPSA) is 121 Å². The molecule has 0 saturated heterocycles. The van der Waals surface area contributed by atoms with E-state index in [0.717, 1.165) is 97.5 Å². The zero-order valence-electron chi connectivity index (χ0n) is 51.0. The van der Waals surface area contributed by atoms with Crippen LogP contribution in [0.25, 0.3) is 0 Å². The van der Waals surface area contributed by atoms with Gasteiger partial charge >= 0.3 is 14.2 Å². The van der Waals surface area contributed by atoms with Crippen molar-refractivity contribution in [2.24, 2.45) is 0 Å². The van der Waals surface area contributed by atoms with Gasteiger partial charge in [-0.25, -0.2) is 0 Å². The molecule has 0 fully saturated rings. The number of nitrogens with one attached hydrogen (secondary N) is 1. The average Bonchev–Trinajstić information content (AvgIpc) is 2.09. The number of anilines is 2. The van der Waals surface area contributed by atoms with Gasteiger partial charge in [0, 0.05) is 67.2 Å². The maximum atomic E-state index is 12.4. The van der Waals surface area contributed by atoms with E-state index in [1.54, 1.807) is 19.1 Å². The SMILES string of the molecule is C=C(C)C(=O)CCCCN(Cc1ccc(CN(Cc2ccccc2B(O)O)c2ccc(OC3=C(/C=C/C4[NH+](CCC)c5ccccc5C4(C)C)CCC/C3=C\C=C3\N(CCC)c4ccccc4C3(C)C)cc2)cc1)Cc1ccccc1B(O)O.[Cl-]. The number of benzene rings is 6. The number of carbonyl (C=O) groups is 1. The molecule has 9 rings (SSSR count). The second-order valence-corrected chi connectivity index (χ2v) is 24.4. The molecule has 444 valence electrons. The van der Waals surface area contributed by atoms with Gasteiger partial charge in [-0.2, -0.15) is 0 Å². The highest BCUT2D eigenvalue weighted by Crippen LogP contribution is 2.48. The summed E-state index contributed by atoms with van der Waals surface area (Å²) in [5.74, 6) is 1.74. The molecule has 85 heavy (non-hydrogen) atoms. The van der Waals surface area contributed by atoms with Crippen LogP contribution >= 0.6 is 0 Å². The fourth-order valence-corrected chi connectivity index (χ4v) is 13.0. The van der Waals surface area contributed by atoms with Crippen molar-refractivity contribution in [3.63, 3.8) is 0 Å². The van der Waals surface area contributed by atoms with Gasteiger partial charge in [0.05, 0.1) is 12.0 Å². The Labute approximate surface area is 513 Å². The molecule has 0 bridgehead atoms. The first-order chi connectivity index (χ1) is 40.5. The number of nitrogens with zero attached hydrogens (tertiary/aromatic N) is 3. The highest BCUT2D eigenvalue weighted by molar-refractivity contribution is 6.59. The molecule has 10 nitrogen and oxygen atoms in total. The molecule has 5 N–H and O–H groups in total. The molecule has 2 atom stereocenters. The lowest BCUT2D eigenvalue weighted by molar-refractivity contribution is -0.850. The van der Waals surface area contributed by atoms with Crippen LogP contribution in [-0.2, 0) is 41.8 Å². The van der Waals surface area contributed by atoms with E-state index in [1.807, 2.05) is 36.4 Å². The van der Waals surface area contributed by atoms with Crippen LogP contribution in [0.5, 0.6) is 5.75 Å². The van der Waals surface area contributed by atoms with Gasteiger partial charge in [0.15, 0.2) is 5.78 Å². The summed E-state index contributed by atoms with van der Waals surface area (Å²) in [5.41, 5.74) is 15.2. The van der Waals surface area contributed by atoms with E-state index in [9.17, 15) is 24.9 Å².